The molecule has 146 valence electrons. The first kappa shape index (κ1) is 25.5. The summed E-state index contributed by atoms with van der Waals surface area (Å²) in [7, 11) is 0. The lowest BCUT2D eigenvalue weighted by atomic mass is 10.1. The number of hydrogen-bond donors (Lipinski definition) is 3. The molecule has 2 rings (SSSR count). The van der Waals surface area contributed by atoms with E-state index in [4.69, 9.17) is 24.9 Å². The van der Waals surface area contributed by atoms with E-state index < -0.39 is 11.8 Å². The molecule has 0 heterocycles. The Morgan fingerprint density at radius 3 is 1.59 bits per heavy atom. The topological polar surface area (TPSA) is 146 Å². The lowest BCUT2D eigenvalue weighted by Crippen LogP contribution is -2.14. The van der Waals surface area contributed by atoms with Crippen LogP contribution in [-0.2, 0) is 36.8 Å². The van der Waals surface area contributed by atoms with Crippen molar-refractivity contribution in [3.8, 4) is 11.5 Å². The number of phenolic OH excluding ortho intramolecular Hbond substituents is 2. The SMILES string of the molecule is C.O=C(O)C(=O)Cc1ccc(O)cc1.O=C=O.O=CCc1ccc(O)cc1.[HH]. The van der Waals surface area contributed by atoms with E-state index in [1.165, 1.54) is 24.3 Å². The van der Waals surface area contributed by atoms with Crippen LogP contribution >= 0.6 is 0 Å². The van der Waals surface area contributed by atoms with Gasteiger partial charge in [-0.15, -0.1) is 0 Å². The summed E-state index contributed by atoms with van der Waals surface area (Å²) >= 11 is 0. The van der Waals surface area contributed by atoms with E-state index in [2.05, 4.69) is 0 Å². The number of Topliss-reactive ketones (excluding diaryl/α,β-unsaturated/α-hetero) is 1. The van der Waals surface area contributed by atoms with Gasteiger partial charge in [0.15, 0.2) is 0 Å². The molecule has 0 aliphatic carbocycles. The monoisotopic (exact) mass is 378 g/mol. The van der Waals surface area contributed by atoms with Crippen molar-refractivity contribution >= 4 is 24.2 Å². The van der Waals surface area contributed by atoms with Crippen LogP contribution in [0.3, 0.4) is 0 Å². The predicted molar refractivity (Wildman–Crippen MR) is 96.2 cm³/mol. The van der Waals surface area contributed by atoms with Gasteiger partial charge in [0.05, 0.1) is 0 Å². The van der Waals surface area contributed by atoms with Crippen LogP contribution in [0.15, 0.2) is 48.5 Å². The molecule has 8 heteroatoms. The summed E-state index contributed by atoms with van der Waals surface area (Å²) < 4.78 is 0. The molecule has 0 aliphatic heterocycles. The van der Waals surface area contributed by atoms with Gasteiger partial charge in [-0.1, -0.05) is 31.7 Å². The Morgan fingerprint density at radius 1 is 0.889 bits per heavy atom. The van der Waals surface area contributed by atoms with Crippen molar-refractivity contribution in [2.45, 2.75) is 20.3 Å². The van der Waals surface area contributed by atoms with Gasteiger partial charge in [0.25, 0.3) is 0 Å². The van der Waals surface area contributed by atoms with Crippen molar-refractivity contribution in [1.29, 1.82) is 0 Å². The third-order valence-electron chi connectivity index (χ3n) is 2.79. The first-order valence-corrected chi connectivity index (χ1v) is 7.08. The smallest absolute Gasteiger partial charge is 0.373 e. The summed E-state index contributed by atoms with van der Waals surface area (Å²) in [5.41, 5.74) is 1.50. The van der Waals surface area contributed by atoms with Crippen molar-refractivity contribution in [3.63, 3.8) is 0 Å². The van der Waals surface area contributed by atoms with Crippen LogP contribution in [0.1, 0.15) is 20.0 Å². The number of benzene rings is 2. The van der Waals surface area contributed by atoms with Crippen molar-refractivity contribution < 1.29 is 40.7 Å². The highest BCUT2D eigenvalue weighted by Crippen LogP contribution is 2.10. The Bertz CT molecular complexity index is 749. The number of aldehydes is 1. The predicted octanol–water partition coefficient (Wildman–Crippen LogP) is 2.02. The van der Waals surface area contributed by atoms with Gasteiger partial charge in [0, 0.05) is 14.3 Å². The summed E-state index contributed by atoms with van der Waals surface area (Å²) in [5.74, 6) is -1.97. The molecule has 0 atom stereocenters. The highest BCUT2D eigenvalue weighted by molar-refractivity contribution is 6.33. The fourth-order valence-electron chi connectivity index (χ4n) is 1.60. The number of phenols is 2. The zero-order valence-corrected chi connectivity index (χ0v) is 13.5. The molecular formula is C19H22O8. The lowest BCUT2D eigenvalue weighted by molar-refractivity contribution is -0.191. The van der Waals surface area contributed by atoms with Crippen LogP contribution < -0.4 is 0 Å². The van der Waals surface area contributed by atoms with Crippen LogP contribution in [0, 0.1) is 0 Å². The van der Waals surface area contributed by atoms with Gasteiger partial charge in [-0.3, -0.25) is 4.79 Å². The van der Waals surface area contributed by atoms with Gasteiger partial charge in [-0.2, -0.15) is 9.59 Å². The second-order valence-electron chi connectivity index (χ2n) is 4.69. The molecular weight excluding hydrogens is 356 g/mol. The van der Waals surface area contributed by atoms with Crippen LogP contribution in [0.2, 0.25) is 0 Å². The Morgan fingerprint density at radius 2 is 1.26 bits per heavy atom. The Kier molecular flexibility index (Phi) is 13.7. The number of carbonyl (C=O) groups excluding carboxylic acids is 4. The highest BCUT2D eigenvalue weighted by atomic mass is 16.4. The maximum Gasteiger partial charge on any atom is 0.373 e. The lowest BCUT2D eigenvalue weighted by Gasteiger charge is -1.97. The molecule has 27 heavy (non-hydrogen) atoms. The van der Waals surface area contributed by atoms with Crippen molar-refractivity contribution in [2.75, 3.05) is 0 Å². The molecule has 2 aromatic carbocycles. The van der Waals surface area contributed by atoms with Crippen LogP contribution in [0.5, 0.6) is 11.5 Å². The van der Waals surface area contributed by atoms with Gasteiger partial charge in [-0.05, 0) is 35.4 Å². The number of carboxylic acid groups (broad SMARTS) is 1. The Labute approximate surface area is 157 Å². The molecule has 0 spiro atoms. The molecule has 0 aliphatic rings. The third kappa shape index (κ3) is 12.3. The molecule has 3 N–H and O–H groups in total. The number of hydrogen-bond acceptors (Lipinski definition) is 7. The minimum absolute atomic E-state index is 0. The average Bonchev–Trinajstić information content (AvgIpc) is 2.60. The van der Waals surface area contributed by atoms with Gasteiger partial charge in [0.2, 0.25) is 5.78 Å². The number of carbonyl (C=O) groups is 3. The maximum atomic E-state index is 10.7. The van der Waals surface area contributed by atoms with E-state index in [9.17, 15) is 14.4 Å². The molecule has 0 saturated carbocycles. The quantitative estimate of drug-likeness (QED) is 0.529. The van der Waals surface area contributed by atoms with Crippen LogP contribution in [0.25, 0.3) is 0 Å². The first-order chi connectivity index (χ1) is 12.3. The summed E-state index contributed by atoms with van der Waals surface area (Å²) in [5, 5.41) is 26.0. The van der Waals surface area contributed by atoms with Crippen molar-refractivity contribution in [1.82, 2.24) is 0 Å². The molecule has 0 aromatic heterocycles. The van der Waals surface area contributed by atoms with Crippen molar-refractivity contribution in [3.05, 3.63) is 59.7 Å². The molecule has 0 saturated heterocycles. The number of rotatable bonds is 5. The molecule has 2 aromatic rings. The van der Waals surface area contributed by atoms with Gasteiger partial charge in [-0.25, -0.2) is 4.79 Å². The van der Waals surface area contributed by atoms with Crippen LogP contribution in [0.4, 0.5) is 0 Å². The fraction of sp³-hybridized carbons (Fsp3) is 0.158. The summed E-state index contributed by atoms with van der Waals surface area (Å²) in [4.78, 5) is 47.2. The standard InChI is InChI=1S/C9H8O4.C8H8O2.CO2.CH4.H2/c10-7-3-1-6(2-4-7)5-8(11)9(12)13;9-6-5-7-1-3-8(10)4-2-7;2-1-3;;/h1-4,10H,5H2,(H,12,13);1-4,6,10H,5H2;;1H4;1H. The number of carboxylic acids is 1. The zero-order valence-electron chi connectivity index (χ0n) is 13.5. The number of aromatic hydroxyl groups is 2. The normalized spacial score (nSPS) is 8.30. The Balaban J connectivity index is -0.000000376. The highest BCUT2D eigenvalue weighted by Gasteiger charge is 2.11. The minimum atomic E-state index is -1.44. The Hall–Kier alpha value is -3.77. The second-order valence-corrected chi connectivity index (χ2v) is 4.69. The second kappa shape index (κ2) is 14.6. The molecule has 0 unspecified atom stereocenters. The zero-order chi connectivity index (χ0) is 19.9. The molecule has 0 amide bonds. The molecule has 8 nitrogen and oxygen atoms in total. The van der Waals surface area contributed by atoms with E-state index in [0.717, 1.165) is 11.8 Å². The summed E-state index contributed by atoms with van der Waals surface area (Å²) in [6.07, 6.45) is 1.36. The average molecular weight is 378 g/mol. The number of ketones is 1. The third-order valence-corrected chi connectivity index (χ3v) is 2.79. The van der Waals surface area contributed by atoms with Gasteiger partial charge < -0.3 is 20.1 Å². The fourth-order valence-corrected chi connectivity index (χ4v) is 1.60. The number of aliphatic carboxylic acids is 1. The first-order valence-electron chi connectivity index (χ1n) is 7.08. The molecule has 0 fully saturated rings. The van der Waals surface area contributed by atoms with Gasteiger partial charge in [0.1, 0.15) is 17.8 Å². The maximum absolute atomic E-state index is 10.7. The minimum Gasteiger partial charge on any atom is -0.508 e. The summed E-state index contributed by atoms with van der Waals surface area (Å²) in [6, 6.07) is 12.4. The molecule has 0 radical (unpaired) electrons. The molecule has 0 bridgehead atoms. The largest absolute Gasteiger partial charge is 0.508 e. The van der Waals surface area contributed by atoms with E-state index >= 15 is 0 Å². The van der Waals surface area contributed by atoms with Gasteiger partial charge >= 0.3 is 12.1 Å². The van der Waals surface area contributed by atoms with E-state index in [1.54, 1.807) is 24.3 Å². The van der Waals surface area contributed by atoms with Crippen molar-refractivity contribution in [2.24, 2.45) is 0 Å². The summed E-state index contributed by atoms with van der Waals surface area (Å²) in [6.45, 7) is 0. The van der Waals surface area contributed by atoms with Crippen LogP contribution in [-0.4, -0.2) is 39.5 Å². The van der Waals surface area contributed by atoms with E-state index in [-0.39, 0.29) is 32.9 Å². The van der Waals surface area contributed by atoms with E-state index in [1.807, 2.05) is 0 Å². The van der Waals surface area contributed by atoms with E-state index in [0.29, 0.717) is 12.0 Å².